The van der Waals surface area contributed by atoms with Gasteiger partial charge in [-0.1, -0.05) is 0 Å². The third-order valence-electron chi connectivity index (χ3n) is 2.57. The maximum atomic E-state index is 11.5. The minimum Gasteiger partial charge on any atom is -0.444 e. The number of aromatic nitrogens is 3. The standard InChI is InChI=1S/C14H21N5O2/c1-10-5-8-19-11(9-10)17-12(18-19)15-6-7-16-13(20)21-14(2,3)4/h5,8-9H,6-7H2,1-4H3,(H,15,18)(H,16,20). The van der Waals surface area contributed by atoms with Gasteiger partial charge in [-0.2, -0.15) is 4.98 Å². The van der Waals surface area contributed by atoms with Crippen molar-refractivity contribution in [2.45, 2.75) is 33.3 Å². The third kappa shape index (κ3) is 4.62. The molecule has 7 nitrogen and oxygen atoms in total. The van der Waals surface area contributed by atoms with E-state index in [-0.39, 0.29) is 0 Å². The van der Waals surface area contributed by atoms with Crippen molar-refractivity contribution in [1.82, 2.24) is 19.9 Å². The normalized spacial score (nSPS) is 11.4. The number of carbonyl (C=O) groups is 1. The second-order valence-corrected chi connectivity index (χ2v) is 5.80. The van der Waals surface area contributed by atoms with E-state index in [0.717, 1.165) is 11.2 Å². The zero-order chi connectivity index (χ0) is 15.5. The van der Waals surface area contributed by atoms with E-state index in [1.54, 1.807) is 4.52 Å². The number of rotatable bonds is 4. The van der Waals surface area contributed by atoms with Crippen molar-refractivity contribution in [3.8, 4) is 0 Å². The van der Waals surface area contributed by atoms with Crippen LogP contribution in [0, 0.1) is 6.92 Å². The summed E-state index contributed by atoms with van der Waals surface area (Å²) < 4.78 is 6.84. The molecule has 0 aliphatic carbocycles. The van der Waals surface area contributed by atoms with Crippen molar-refractivity contribution in [2.75, 3.05) is 18.4 Å². The number of carbonyl (C=O) groups excluding carboxylic acids is 1. The molecule has 7 heteroatoms. The van der Waals surface area contributed by atoms with Crippen LogP contribution in [0.15, 0.2) is 18.3 Å². The van der Waals surface area contributed by atoms with Crippen molar-refractivity contribution >= 4 is 17.7 Å². The molecule has 0 aliphatic rings. The van der Waals surface area contributed by atoms with E-state index in [2.05, 4.69) is 20.7 Å². The molecule has 0 radical (unpaired) electrons. The largest absolute Gasteiger partial charge is 0.444 e. The molecule has 2 N–H and O–H groups in total. The SMILES string of the molecule is Cc1ccn2nc(NCCNC(=O)OC(C)(C)C)nc2c1. The molecule has 0 bridgehead atoms. The summed E-state index contributed by atoms with van der Waals surface area (Å²) in [5, 5.41) is 10.0. The van der Waals surface area contributed by atoms with Gasteiger partial charge in [0.25, 0.3) is 0 Å². The first kappa shape index (κ1) is 15.1. The van der Waals surface area contributed by atoms with Crippen LogP contribution >= 0.6 is 0 Å². The van der Waals surface area contributed by atoms with Gasteiger partial charge in [-0.25, -0.2) is 9.31 Å². The molecular formula is C14H21N5O2. The number of nitrogens with one attached hydrogen (secondary N) is 2. The molecule has 0 unspecified atom stereocenters. The molecule has 0 atom stereocenters. The quantitative estimate of drug-likeness (QED) is 0.842. The number of hydrogen-bond donors (Lipinski definition) is 2. The Balaban J connectivity index is 1.79. The molecule has 0 aliphatic heterocycles. The summed E-state index contributed by atoms with van der Waals surface area (Å²) >= 11 is 0. The average molecular weight is 291 g/mol. The summed E-state index contributed by atoms with van der Waals surface area (Å²) in [4.78, 5) is 15.8. The second-order valence-electron chi connectivity index (χ2n) is 5.80. The molecule has 0 aromatic carbocycles. The number of nitrogens with zero attached hydrogens (tertiary/aromatic N) is 3. The number of alkyl carbamates (subject to hydrolysis) is 1. The van der Waals surface area contributed by atoms with Gasteiger partial charge in [0.05, 0.1) is 0 Å². The average Bonchev–Trinajstić information content (AvgIpc) is 2.74. The number of pyridine rings is 1. The van der Waals surface area contributed by atoms with E-state index in [0.29, 0.717) is 19.0 Å². The van der Waals surface area contributed by atoms with Gasteiger partial charge in [-0.15, -0.1) is 5.10 Å². The van der Waals surface area contributed by atoms with Gasteiger partial charge in [-0.05, 0) is 45.4 Å². The van der Waals surface area contributed by atoms with Gasteiger partial charge in [0.2, 0.25) is 5.95 Å². The number of ether oxygens (including phenoxy) is 1. The van der Waals surface area contributed by atoms with Crippen molar-refractivity contribution < 1.29 is 9.53 Å². The first-order valence-electron chi connectivity index (χ1n) is 6.87. The predicted octanol–water partition coefficient (Wildman–Crippen LogP) is 1.97. The Labute approximate surface area is 123 Å². The van der Waals surface area contributed by atoms with Crippen LogP contribution in [-0.4, -0.2) is 39.4 Å². The fourth-order valence-electron chi connectivity index (χ4n) is 1.71. The molecular weight excluding hydrogens is 270 g/mol. The number of aryl methyl sites for hydroxylation is 1. The van der Waals surface area contributed by atoms with Gasteiger partial charge < -0.3 is 15.4 Å². The van der Waals surface area contributed by atoms with E-state index < -0.39 is 11.7 Å². The Hall–Kier alpha value is -2.31. The van der Waals surface area contributed by atoms with Crippen LogP contribution in [-0.2, 0) is 4.74 Å². The molecule has 2 heterocycles. The minimum atomic E-state index is -0.488. The van der Waals surface area contributed by atoms with Crippen LogP contribution in [0.25, 0.3) is 5.65 Å². The summed E-state index contributed by atoms with van der Waals surface area (Å²) in [6, 6.07) is 3.92. The lowest BCUT2D eigenvalue weighted by Gasteiger charge is -2.19. The summed E-state index contributed by atoms with van der Waals surface area (Å²) in [6.45, 7) is 8.44. The van der Waals surface area contributed by atoms with E-state index in [9.17, 15) is 4.79 Å². The summed E-state index contributed by atoms with van der Waals surface area (Å²) in [5.74, 6) is 0.534. The second kappa shape index (κ2) is 5.99. The molecule has 1 amide bonds. The van der Waals surface area contributed by atoms with Gasteiger partial charge in [0.15, 0.2) is 5.65 Å². The van der Waals surface area contributed by atoms with Crippen LogP contribution in [0.4, 0.5) is 10.7 Å². The van der Waals surface area contributed by atoms with Gasteiger partial charge in [0.1, 0.15) is 5.60 Å². The van der Waals surface area contributed by atoms with Gasteiger partial charge in [0, 0.05) is 19.3 Å². The van der Waals surface area contributed by atoms with E-state index in [4.69, 9.17) is 4.74 Å². The molecule has 2 aromatic heterocycles. The van der Waals surface area contributed by atoms with Crippen LogP contribution in [0.5, 0.6) is 0 Å². The van der Waals surface area contributed by atoms with E-state index in [1.807, 2.05) is 46.0 Å². The topological polar surface area (TPSA) is 80.5 Å². The highest BCUT2D eigenvalue weighted by Gasteiger charge is 2.15. The highest BCUT2D eigenvalue weighted by Crippen LogP contribution is 2.07. The monoisotopic (exact) mass is 291 g/mol. The van der Waals surface area contributed by atoms with Crippen LogP contribution in [0.1, 0.15) is 26.3 Å². The Morgan fingerprint density at radius 1 is 1.38 bits per heavy atom. The van der Waals surface area contributed by atoms with Gasteiger partial charge in [-0.3, -0.25) is 0 Å². The van der Waals surface area contributed by atoms with Crippen LogP contribution in [0.2, 0.25) is 0 Å². The first-order valence-corrected chi connectivity index (χ1v) is 6.87. The van der Waals surface area contributed by atoms with E-state index in [1.165, 1.54) is 0 Å². The van der Waals surface area contributed by atoms with Crippen molar-refractivity contribution in [1.29, 1.82) is 0 Å². The smallest absolute Gasteiger partial charge is 0.407 e. The maximum Gasteiger partial charge on any atom is 0.407 e. The highest BCUT2D eigenvalue weighted by molar-refractivity contribution is 5.67. The zero-order valence-corrected chi connectivity index (χ0v) is 12.8. The summed E-state index contributed by atoms with van der Waals surface area (Å²) in [6.07, 6.45) is 1.44. The number of amides is 1. The first-order chi connectivity index (χ1) is 9.83. The summed E-state index contributed by atoms with van der Waals surface area (Å²) in [5.41, 5.74) is 1.43. The van der Waals surface area contributed by atoms with E-state index >= 15 is 0 Å². The van der Waals surface area contributed by atoms with Crippen molar-refractivity contribution in [3.05, 3.63) is 23.9 Å². The Morgan fingerprint density at radius 2 is 2.14 bits per heavy atom. The maximum absolute atomic E-state index is 11.5. The minimum absolute atomic E-state index is 0.428. The molecule has 21 heavy (non-hydrogen) atoms. The van der Waals surface area contributed by atoms with Crippen LogP contribution < -0.4 is 10.6 Å². The Kier molecular flexibility index (Phi) is 4.30. The predicted molar refractivity (Wildman–Crippen MR) is 80.5 cm³/mol. The molecule has 0 spiro atoms. The van der Waals surface area contributed by atoms with Crippen molar-refractivity contribution in [3.63, 3.8) is 0 Å². The van der Waals surface area contributed by atoms with Crippen LogP contribution in [0.3, 0.4) is 0 Å². The third-order valence-corrected chi connectivity index (χ3v) is 2.57. The number of hydrogen-bond acceptors (Lipinski definition) is 5. The Bertz CT molecular complexity index is 630. The lowest BCUT2D eigenvalue weighted by Crippen LogP contribution is -2.35. The number of fused-ring (bicyclic) bond motifs is 1. The number of anilines is 1. The molecule has 0 saturated carbocycles. The molecule has 114 valence electrons. The lowest BCUT2D eigenvalue weighted by molar-refractivity contribution is 0.0530. The lowest BCUT2D eigenvalue weighted by atomic mass is 10.2. The fourth-order valence-corrected chi connectivity index (χ4v) is 1.71. The molecule has 2 rings (SSSR count). The molecule has 0 fully saturated rings. The van der Waals surface area contributed by atoms with Gasteiger partial charge >= 0.3 is 6.09 Å². The molecule has 0 saturated heterocycles. The highest BCUT2D eigenvalue weighted by atomic mass is 16.6. The van der Waals surface area contributed by atoms with Crippen molar-refractivity contribution in [2.24, 2.45) is 0 Å². The Morgan fingerprint density at radius 3 is 2.86 bits per heavy atom. The fraction of sp³-hybridized carbons (Fsp3) is 0.500. The molecule has 2 aromatic rings. The zero-order valence-electron chi connectivity index (χ0n) is 12.8. The summed E-state index contributed by atoms with van der Waals surface area (Å²) in [7, 11) is 0.